The van der Waals surface area contributed by atoms with Crippen molar-refractivity contribution in [2.75, 3.05) is 43.4 Å². The molecule has 0 bridgehead atoms. The Labute approximate surface area is 110 Å². The van der Waals surface area contributed by atoms with E-state index in [4.69, 9.17) is 5.73 Å². The Bertz CT molecular complexity index is 395. The van der Waals surface area contributed by atoms with E-state index in [0.29, 0.717) is 0 Å². The second kappa shape index (κ2) is 5.57. The molecule has 4 nitrogen and oxygen atoms in total. The lowest BCUT2D eigenvalue weighted by atomic mass is 10.2. The Morgan fingerprint density at radius 3 is 2.50 bits per heavy atom. The molecule has 0 amide bonds. The molecule has 2 N–H and O–H groups in total. The summed E-state index contributed by atoms with van der Waals surface area (Å²) >= 11 is 0. The van der Waals surface area contributed by atoms with Gasteiger partial charge in [0.25, 0.3) is 0 Å². The highest BCUT2D eigenvalue weighted by Crippen LogP contribution is 2.22. The summed E-state index contributed by atoms with van der Waals surface area (Å²) in [5, 5.41) is 0. The molecule has 0 radical (unpaired) electrons. The predicted molar refractivity (Wildman–Crippen MR) is 76.9 cm³/mol. The molecule has 0 saturated carbocycles. The average Bonchev–Trinajstić information content (AvgIpc) is 2.33. The Morgan fingerprint density at radius 2 is 1.89 bits per heavy atom. The molecule has 1 saturated heterocycles. The zero-order valence-electron chi connectivity index (χ0n) is 11.7. The Hall–Kier alpha value is -1.29. The van der Waals surface area contributed by atoms with Crippen molar-refractivity contribution < 1.29 is 0 Å². The van der Waals surface area contributed by atoms with Crippen LogP contribution < -0.4 is 10.6 Å². The van der Waals surface area contributed by atoms with Gasteiger partial charge in [0.05, 0.1) is 5.69 Å². The second-order valence-electron chi connectivity index (χ2n) is 5.55. The van der Waals surface area contributed by atoms with Crippen LogP contribution in [0.4, 0.5) is 11.5 Å². The lowest BCUT2D eigenvalue weighted by Crippen LogP contribution is -2.47. The molecular weight excluding hydrogens is 224 g/mol. The van der Waals surface area contributed by atoms with Crippen molar-refractivity contribution >= 4 is 11.5 Å². The van der Waals surface area contributed by atoms with Crippen LogP contribution in [-0.2, 0) is 0 Å². The van der Waals surface area contributed by atoms with Gasteiger partial charge in [0.1, 0.15) is 0 Å². The van der Waals surface area contributed by atoms with E-state index in [2.05, 4.69) is 28.6 Å². The number of nitrogens with zero attached hydrogens (tertiary/aromatic N) is 3. The summed E-state index contributed by atoms with van der Waals surface area (Å²) in [5.74, 6) is 1.69. The van der Waals surface area contributed by atoms with Gasteiger partial charge in [-0.15, -0.1) is 0 Å². The summed E-state index contributed by atoms with van der Waals surface area (Å²) in [5.41, 5.74) is 7.84. The largest absolute Gasteiger partial charge is 0.396 e. The van der Waals surface area contributed by atoms with Crippen molar-refractivity contribution in [2.24, 2.45) is 5.92 Å². The van der Waals surface area contributed by atoms with Crippen molar-refractivity contribution in [2.45, 2.75) is 20.8 Å². The van der Waals surface area contributed by atoms with Crippen LogP contribution in [0.25, 0.3) is 0 Å². The van der Waals surface area contributed by atoms with Crippen LogP contribution in [0.1, 0.15) is 19.5 Å². The van der Waals surface area contributed by atoms with E-state index >= 15 is 0 Å². The third-order valence-corrected chi connectivity index (χ3v) is 3.34. The third-order valence-electron chi connectivity index (χ3n) is 3.34. The van der Waals surface area contributed by atoms with Crippen LogP contribution >= 0.6 is 0 Å². The summed E-state index contributed by atoms with van der Waals surface area (Å²) in [4.78, 5) is 9.39. The number of rotatable bonds is 3. The monoisotopic (exact) mass is 248 g/mol. The van der Waals surface area contributed by atoms with Crippen molar-refractivity contribution in [3.8, 4) is 0 Å². The fourth-order valence-electron chi connectivity index (χ4n) is 2.47. The fourth-order valence-corrected chi connectivity index (χ4v) is 2.47. The van der Waals surface area contributed by atoms with E-state index in [0.717, 1.165) is 49.3 Å². The normalized spacial score (nSPS) is 17.4. The quantitative estimate of drug-likeness (QED) is 0.885. The molecule has 1 aromatic rings. The maximum atomic E-state index is 6.02. The zero-order chi connectivity index (χ0) is 13.1. The minimum Gasteiger partial charge on any atom is -0.396 e. The number of piperazine rings is 1. The fraction of sp³-hybridized carbons (Fsp3) is 0.643. The van der Waals surface area contributed by atoms with E-state index in [1.54, 1.807) is 0 Å². The number of aromatic nitrogens is 1. The number of nitrogens with two attached hydrogens (primary N) is 1. The minimum atomic E-state index is 0.735. The number of pyridine rings is 1. The van der Waals surface area contributed by atoms with Gasteiger partial charge in [0.15, 0.2) is 5.82 Å². The molecule has 0 aliphatic carbocycles. The van der Waals surface area contributed by atoms with Crippen LogP contribution in [0.3, 0.4) is 0 Å². The highest BCUT2D eigenvalue weighted by molar-refractivity contribution is 5.63. The third kappa shape index (κ3) is 3.13. The first kappa shape index (κ1) is 13.1. The SMILES string of the molecule is Cc1ccc(N)c(N2CCN(CC(C)C)CC2)n1. The lowest BCUT2D eigenvalue weighted by molar-refractivity contribution is 0.231. The molecule has 1 aliphatic heterocycles. The van der Waals surface area contributed by atoms with Gasteiger partial charge in [-0.3, -0.25) is 4.90 Å². The van der Waals surface area contributed by atoms with E-state index in [1.165, 1.54) is 6.54 Å². The van der Waals surface area contributed by atoms with Gasteiger partial charge in [-0.05, 0) is 25.0 Å². The lowest BCUT2D eigenvalue weighted by Gasteiger charge is -2.36. The van der Waals surface area contributed by atoms with Gasteiger partial charge in [-0.2, -0.15) is 0 Å². The topological polar surface area (TPSA) is 45.4 Å². The molecule has 1 aromatic heterocycles. The zero-order valence-corrected chi connectivity index (χ0v) is 11.7. The Kier molecular flexibility index (Phi) is 4.07. The highest BCUT2D eigenvalue weighted by Gasteiger charge is 2.19. The molecule has 2 heterocycles. The molecule has 1 aliphatic rings. The number of anilines is 2. The number of aryl methyl sites for hydroxylation is 1. The predicted octanol–water partition coefficient (Wildman–Crippen LogP) is 1.75. The van der Waals surface area contributed by atoms with Crippen LogP contribution in [-0.4, -0.2) is 42.6 Å². The molecule has 0 atom stereocenters. The van der Waals surface area contributed by atoms with Gasteiger partial charge in [0, 0.05) is 38.4 Å². The van der Waals surface area contributed by atoms with Gasteiger partial charge in [0.2, 0.25) is 0 Å². The molecule has 18 heavy (non-hydrogen) atoms. The van der Waals surface area contributed by atoms with Crippen LogP contribution in [0.15, 0.2) is 12.1 Å². The first-order valence-corrected chi connectivity index (χ1v) is 6.76. The van der Waals surface area contributed by atoms with E-state index in [-0.39, 0.29) is 0 Å². The van der Waals surface area contributed by atoms with E-state index in [1.807, 2.05) is 19.1 Å². The number of hydrogen-bond acceptors (Lipinski definition) is 4. The first-order chi connectivity index (χ1) is 8.56. The summed E-state index contributed by atoms with van der Waals surface area (Å²) < 4.78 is 0. The van der Waals surface area contributed by atoms with Crippen molar-refractivity contribution in [3.63, 3.8) is 0 Å². The van der Waals surface area contributed by atoms with E-state index in [9.17, 15) is 0 Å². The van der Waals surface area contributed by atoms with Crippen LogP contribution in [0, 0.1) is 12.8 Å². The van der Waals surface area contributed by atoms with Gasteiger partial charge < -0.3 is 10.6 Å². The van der Waals surface area contributed by atoms with Gasteiger partial charge in [-0.1, -0.05) is 13.8 Å². The Morgan fingerprint density at radius 1 is 1.22 bits per heavy atom. The van der Waals surface area contributed by atoms with Crippen LogP contribution in [0.5, 0.6) is 0 Å². The molecule has 1 fully saturated rings. The standard InChI is InChI=1S/C14H24N4/c1-11(2)10-17-6-8-18(9-7-17)14-13(15)5-4-12(3)16-14/h4-5,11H,6-10,15H2,1-3H3. The van der Waals surface area contributed by atoms with Crippen molar-refractivity contribution in [3.05, 3.63) is 17.8 Å². The van der Waals surface area contributed by atoms with Gasteiger partial charge in [-0.25, -0.2) is 4.98 Å². The van der Waals surface area contributed by atoms with Crippen LogP contribution in [0.2, 0.25) is 0 Å². The molecule has 0 aromatic carbocycles. The van der Waals surface area contributed by atoms with Crippen molar-refractivity contribution in [1.29, 1.82) is 0 Å². The molecule has 4 heteroatoms. The second-order valence-corrected chi connectivity index (χ2v) is 5.55. The van der Waals surface area contributed by atoms with Gasteiger partial charge >= 0.3 is 0 Å². The Balaban J connectivity index is 1.99. The molecule has 2 rings (SSSR count). The summed E-state index contributed by atoms with van der Waals surface area (Å²) in [6.45, 7) is 12.0. The molecule has 0 unspecified atom stereocenters. The van der Waals surface area contributed by atoms with E-state index < -0.39 is 0 Å². The number of nitrogen functional groups attached to an aromatic ring is 1. The highest BCUT2D eigenvalue weighted by atomic mass is 15.3. The summed E-state index contributed by atoms with van der Waals surface area (Å²) in [6.07, 6.45) is 0. The summed E-state index contributed by atoms with van der Waals surface area (Å²) in [7, 11) is 0. The minimum absolute atomic E-state index is 0.735. The first-order valence-electron chi connectivity index (χ1n) is 6.76. The molecule has 0 spiro atoms. The average molecular weight is 248 g/mol. The molecular formula is C14H24N4. The molecule has 100 valence electrons. The maximum Gasteiger partial charge on any atom is 0.152 e. The maximum absolute atomic E-state index is 6.02. The van der Waals surface area contributed by atoms with Crippen molar-refractivity contribution in [1.82, 2.24) is 9.88 Å². The number of hydrogen-bond donors (Lipinski definition) is 1. The summed E-state index contributed by atoms with van der Waals surface area (Å²) in [6, 6.07) is 3.92. The smallest absolute Gasteiger partial charge is 0.152 e.